The van der Waals surface area contributed by atoms with Crippen molar-refractivity contribution < 1.29 is 4.74 Å². The predicted molar refractivity (Wildman–Crippen MR) is 61.3 cm³/mol. The smallest absolute Gasteiger partial charge is 0.0694 e. The molecule has 0 radical (unpaired) electrons. The normalized spacial score (nSPS) is 27.6. The highest BCUT2D eigenvalue weighted by atomic mass is 16.5. The summed E-state index contributed by atoms with van der Waals surface area (Å²) in [5, 5.41) is 0. The summed E-state index contributed by atoms with van der Waals surface area (Å²) in [5.41, 5.74) is 3.17. The lowest BCUT2D eigenvalue weighted by Crippen LogP contribution is -2.50. The van der Waals surface area contributed by atoms with Gasteiger partial charge >= 0.3 is 0 Å². The molecule has 0 aliphatic heterocycles. The lowest BCUT2D eigenvalue weighted by molar-refractivity contribution is -0.0868. The van der Waals surface area contributed by atoms with Crippen molar-refractivity contribution in [1.29, 1.82) is 0 Å². The first-order chi connectivity index (χ1) is 7.29. The van der Waals surface area contributed by atoms with E-state index in [0.717, 1.165) is 12.3 Å². The fraction of sp³-hybridized carbons (Fsp3) is 1.00. The molecule has 0 bridgehead atoms. The van der Waals surface area contributed by atoms with E-state index in [0.29, 0.717) is 6.04 Å². The van der Waals surface area contributed by atoms with Gasteiger partial charge in [0, 0.05) is 13.2 Å². The highest BCUT2D eigenvalue weighted by Crippen LogP contribution is 2.41. The van der Waals surface area contributed by atoms with E-state index in [4.69, 9.17) is 10.6 Å². The second kappa shape index (κ2) is 4.81. The second-order valence-electron chi connectivity index (χ2n) is 5.26. The van der Waals surface area contributed by atoms with Gasteiger partial charge in [-0.1, -0.05) is 12.8 Å². The maximum atomic E-state index is 5.69. The number of hydrogen-bond acceptors (Lipinski definition) is 3. The largest absolute Gasteiger partial charge is 0.378 e. The van der Waals surface area contributed by atoms with Crippen LogP contribution >= 0.6 is 0 Å². The molecule has 0 aromatic heterocycles. The van der Waals surface area contributed by atoms with Crippen molar-refractivity contribution in [2.45, 2.75) is 63.0 Å². The molecule has 88 valence electrons. The van der Waals surface area contributed by atoms with Crippen LogP contribution in [0, 0.1) is 5.92 Å². The molecular weight excluding hydrogens is 188 g/mol. The second-order valence-corrected chi connectivity index (χ2v) is 5.26. The zero-order valence-electron chi connectivity index (χ0n) is 9.80. The first kappa shape index (κ1) is 11.4. The molecule has 0 aromatic carbocycles. The Morgan fingerprint density at radius 3 is 2.40 bits per heavy atom. The third-order valence-corrected chi connectivity index (χ3v) is 4.47. The summed E-state index contributed by atoms with van der Waals surface area (Å²) in [5.74, 6) is 6.47. The van der Waals surface area contributed by atoms with Crippen LogP contribution in [0.4, 0.5) is 0 Å². The maximum Gasteiger partial charge on any atom is 0.0694 e. The van der Waals surface area contributed by atoms with Crippen molar-refractivity contribution in [2.75, 3.05) is 7.11 Å². The Hall–Kier alpha value is -0.120. The number of rotatable bonds is 5. The molecule has 0 spiro atoms. The minimum absolute atomic E-state index is 0.152. The lowest BCUT2D eigenvalue weighted by atomic mass is 9.73. The molecule has 0 amide bonds. The van der Waals surface area contributed by atoms with Crippen LogP contribution < -0.4 is 11.3 Å². The molecule has 3 N–H and O–H groups in total. The molecule has 0 saturated heterocycles. The van der Waals surface area contributed by atoms with Crippen LogP contribution in [0.5, 0.6) is 0 Å². The molecule has 3 nitrogen and oxygen atoms in total. The van der Waals surface area contributed by atoms with Crippen LogP contribution in [0.2, 0.25) is 0 Å². The molecule has 1 unspecified atom stereocenters. The van der Waals surface area contributed by atoms with Gasteiger partial charge in [0.1, 0.15) is 0 Å². The highest BCUT2D eigenvalue weighted by Gasteiger charge is 2.40. The minimum Gasteiger partial charge on any atom is -0.378 e. The Balaban J connectivity index is 1.89. The fourth-order valence-electron chi connectivity index (χ4n) is 3.18. The van der Waals surface area contributed by atoms with E-state index in [1.54, 1.807) is 0 Å². The van der Waals surface area contributed by atoms with Gasteiger partial charge in [0.25, 0.3) is 0 Å². The molecule has 2 saturated carbocycles. The highest BCUT2D eigenvalue weighted by molar-refractivity contribution is 4.95. The topological polar surface area (TPSA) is 47.3 Å². The van der Waals surface area contributed by atoms with Crippen LogP contribution in [0.15, 0.2) is 0 Å². The molecule has 0 aromatic rings. The summed E-state index contributed by atoms with van der Waals surface area (Å²) in [7, 11) is 1.85. The van der Waals surface area contributed by atoms with Gasteiger partial charge in [-0.25, -0.2) is 0 Å². The van der Waals surface area contributed by atoms with Gasteiger partial charge in [0.05, 0.1) is 5.60 Å². The molecule has 2 fully saturated rings. The van der Waals surface area contributed by atoms with E-state index in [-0.39, 0.29) is 5.60 Å². The van der Waals surface area contributed by atoms with Crippen LogP contribution in [0.3, 0.4) is 0 Å². The quantitative estimate of drug-likeness (QED) is 0.541. The molecule has 2 aliphatic carbocycles. The summed E-state index contributed by atoms with van der Waals surface area (Å²) >= 11 is 0. The Labute approximate surface area is 92.7 Å². The molecule has 3 heteroatoms. The SMILES string of the molecule is COC1(CC(NN)C2CCCC2)CCC1. The third-order valence-electron chi connectivity index (χ3n) is 4.47. The standard InChI is InChI=1S/C12H24N2O/c1-15-12(7-4-8-12)9-11(14-13)10-5-2-3-6-10/h10-11,14H,2-9,13H2,1H3. The molecule has 1 atom stereocenters. The molecular formula is C12H24N2O. The van der Waals surface area contributed by atoms with Gasteiger partial charge in [0.15, 0.2) is 0 Å². The number of nitrogens with two attached hydrogens (primary N) is 1. The van der Waals surface area contributed by atoms with Crippen molar-refractivity contribution in [3.8, 4) is 0 Å². The van der Waals surface area contributed by atoms with Crippen molar-refractivity contribution in [2.24, 2.45) is 11.8 Å². The first-order valence-corrected chi connectivity index (χ1v) is 6.31. The lowest BCUT2D eigenvalue weighted by Gasteiger charge is -2.43. The zero-order valence-corrected chi connectivity index (χ0v) is 9.80. The van der Waals surface area contributed by atoms with Crippen LogP contribution in [0.1, 0.15) is 51.4 Å². The molecule has 2 aliphatic rings. The van der Waals surface area contributed by atoms with E-state index in [1.807, 2.05) is 7.11 Å². The van der Waals surface area contributed by atoms with E-state index in [1.165, 1.54) is 44.9 Å². The van der Waals surface area contributed by atoms with Gasteiger partial charge in [-0.05, 0) is 44.4 Å². The van der Waals surface area contributed by atoms with Crippen LogP contribution in [0.25, 0.3) is 0 Å². The summed E-state index contributed by atoms with van der Waals surface area (Å²) in [6.07, 6.45) is 10.3. The van der Waals surface area contributed by atoms with Gasteiger partial charge in [-0.2, -0.15) is 0 Å². The Morgan fingerprint density at radius 2 is 2.00 bits per heavy atom. The average Bonchev–Trinajstić information content (AvgIpc) is 2.71. The average molecular weight is 212 g/mol. The third kappa shape index (κ3) is 2.35. The molecule has 15 heavy (non-hydrogen) atoms. The van der Waals surface area contributed by atoms with Crippen LogP contribution in [-0.4, -0.2) is 18.8 Å². The van der Waals surface area contributed by atoms with E-state index >= 15 is 0 Å². The fourth-order valence-corrected chi connectivity index (χ4v) is 3.18. The van der Waals surface area contributed by atoms with Crippen molar-refractivity contribution in [1.82, 2.24) is 5.43 Å². The van der Waals surface area contributed by atoms with Gasteiger partial charge in [-0.3, -0.25) is 11.3 Å². The summed E-state index contributed by atoms with van der Waals surface area (Å²) in [4.78, 5) is 0. The van der Waals surface area contributed by atoms with Gasteiger partial charge < -0.3 is 4.74 Å². The summed E-state index contributed by atoms with van der Waals surface area (Å²) in [6.45, 7) is 0. The Bertz CT molecular complexity index is 192. The zero-order chi connectivity index (χ0) is 10.7. The minimum atomic E-state index is 0.152. The van der Waals surface area contributed by atoms with Crippen molar-refractivity contribution in [3.05, 3.63) is 0 Å². The Morgan fingerprint density at radius 1 is 1.33 bits per heavy atom. The van der Waals surface area contributed by atoms with Crippen molar-refractivity contribution >= 4 is 0 Å². The summed E-state index contributed by atoms with van der Waals surface area (Å²) < 4.78 is 5.67. The van der Waals surface area contributed by atoms with E-state index in [9.17, 15) is 0 Å². The molecule has 0 heterocycles. The van der Waals surface area contributed by atoms with Gasteiger partial charge in [0.2, 0.25) is 0 Å². The summed E-state index contributed by atoms with van der Waals surface area (Å²) in [6, 6.07) is 0.466. The van der Waals surface area contributed by atoms with E-state index in [2.05, 4.69) is 5.43 Å². The maximum absolute atomic E-state index is 5.69. The number of nitrogens with one attached hydrogen (secondary N) is 1. The van der Waals surface area contributed by atoms with Gasteiger partial charge in [-0.15, -0.1) is 0 Å². The first-order valence-electron chi connectivity index (χ1n) is 6.31. The number of hydrogen-bond donors (Lipinski definition) is 2. The van der Waals surface area contributed by atoms with E-state index < -0.39 is 0 Å². The number of ether oxygens (including phenoxy) is 1. The number of hydrazine groups is 1. The number of methoxy groups -OCH3 is 1. The predicted octanol–water partition coefficient (Wildman–Crippen LogP) is 1.97. The van der Waals surface area contributed by atoms with Crippen LogP contribution in [-0.2, 0) is 4.74 Å². The molecule has 2 rings (SSSR count). The monoisotopic (exact) mass is 212 g/mol. The van der Waals surface area contributed by atoms with Crippen molar-refractivity contribution in [3.63, 3.8) is 0 Å². The Kier molecular flexibility index (Phi) is 3.65.